The molecule has 0 unspecified atom stereocenters. The Labute approximate surface area is 179 Å². The summed E-state index contributed by atoms with van der Waals surface area (Å²) in [5.74, 6) is 0.0746. The first kappa shape index (κ1) is 22.3. The second kappa shape index (κ2) is 9.59. The van der Waals surface area contributed by atoms with Crippen LogP contribution in [0.25, 0.3) is 11.3 Å². The van der Waals surface area contributed by atoms with E-state index < -0.39 is 12.8 Å². The van der Waals surface area contributed by atoms with Gasteiger partial charge >= 0.3 is 6.18 Å². The summed E-state index contributed by atoms with van der Waals surface area (Å²) >= 11 is 0. The molecule has 31 heavy (non-hydrogen) atoms. The van der Waals surface area contributed by atoms with Gasteiger partial charge in [-0.05, 0) is 31.5 Å². The van der Waals surface area contributed by atoms with Gasteiger partial charge in [0, 0.05) is 30.1 Å². The van der Waals surface area contributed by atoms with E-state index in [1.165, 1.54) is 12.3 Å². The molecule has 0 fully saturated rings. The van der Waals surface area contributed by atoms with Gasteiger partial charge < -0.3 is 10.1 Å². The fourth-order valence-electron chi connectivity index (χ4n) is 3.05. The molecule has 8 heteroatoms. The number of hydrogen-bond acceptors (Lipinski definition) is 5. The molecule has 2 heterocycles. The van der Waals surface area contributed by atoms with E-state index in [-0.39, 0.29) is 11.8 Å². The summed E-state index contributed by atoms with van der Waals surface area (Å²) in [5.41, 5.74) is 5.28. The molecule has 0 aliphatic carbocycles. The van der Waals surface area contributed by atoms with Crippen LogP contribution in [0.5, 0.6) is 5.75 Å². The molecular formula is C23H23F3N4O. The van der Waals surface area contributed by atoms with Crippen LogP contribution in [0.15, 0.2) is 67.3 Å². The highest BCUT2D eigenvalue weighted by molar-refractivity contribution is 5.61. The molecule has 0 radical (unpaired) electrons. The lowest BCUT2D eigenvalue weighted by molar-refractivity contribution is -0.153. The summed E-state index contributed by atoms with van der Waals surface area (Å²) in [6, 6.07) is 11.0. The molecule has 0 amide bonds. The normalized spacial score (nSPS) is 12.3. The lowest BCUT2D eigenvalue weighted by Crippen LogP contribution is -2.20. The summed E-state index contributed by atoms with van der Waals surface area (Å²) in [6.45, 7) is 6.56. The number of aromatic nitrogens is 3. The number of benzene rings is 1. The molecule has 1 atom stereocenters. The standard InChI is InChI=1S/C23H23F3N4O/c1-15(12-18-4-6-19(7-5-18)22-17(3)27-10-11-28-22)30-16(2)21-9-8-20(13-29-21)31-14-23(24,25)26/h4-11,13,16,30H,1,12,14H2,2-3H3/t16-/m1/s1. The minimum atomic E-state index is -4.38. The van der Waals surface area contributed by atoms with Crippen LogP contribution in [-0.2, 0) is 6.42 Å². The van der Waals surface area contributed by atoms with Crippen molar-refractivity contribution in [3.05, 3.63) is 84.2 Å². The Kier molecular flexibility index (Phi) is 6.89. The lowest BCUT2D eigenvalue weighted by atomic mass is 10.0. The van der Waals surface area contributed by atoms with Gasteiger partial charge in [-0.1, -0.05) is 30.8 Å². The van der Waals surface area contributed by atoms with E-state index in [1.54, 1.807) is 18.5 Å². The van der Waals surface area contributed by atoms with Crippen molar-refractivity contribution in [3.8, 4) is 17.0 Å². The third kappa shape index (κ3) is 6.53. The zero-order valence-corrected chi connectivity index (χ0v) is 17.3. The van der Waals surface area contributed by atoms with E-state index >= 15 is 0 Å². The van der Waals surface area contributed by atoms with Crippen molar-refractivity contribution in [1.82, 2.24) is 20.3 Å². The Morgan fingerprint density at radius 2 is 1.77 bits per heavy atom. The largest absolute Gasteiger partial charge is 0.483 e. The zero-order chi connectivity index (χ0) is 22.4. The van der Waals surface area contributed by atoms with Crippen LogP contribution in [0.1, 0.15) is 29.9 Å². The van der Waals surface area contributed by atoms with Crippen LogP contribution in [0.2, 0.25) is 0 Å². The third-order valence-corrected chi connectivity index (χ3v) is 4.55. The maximum Gasteiger partial charge on any atom is 0.422 e. The van der Waals surface area contributed by atoms with E-state index in [1.807, 2.05) is 38.1 Å². The Balaban J connectivity index is 1.55. The van der Waals surface area contributed by atoms with Crippen LogP contribution in [0, 0.1) is 6.92 Å². The second-order valence-corrected chi connectivity index (χ2v) is 7.16. The van der Waals surface area contributed by atoms with E-state index in [2.05, 4.69) is 31.6 Å². The average molecular weight is 428 g/mol. The zero-order valence-electron chi connectivity index (χ0n) is 17.3. The van der Waals surface area contributed by atoms with Crippen molar-refractivity contribution < 1.29 is 17.9 Å². The Bertz CT molecular complexity index is 1020. The lowest BCUT2D eigenvalue weighted by Gasteiger charge is -2.17. The monoisotopic (exact) mass is 428 g/mol. The van der Waals surface area contributed by atoms with Crippen molar-refractivity contribution in [1.29, 1.82) is 0 Å². The first-order chi connectivity index (χ1) is 14.7. The minimum absolute atomic E-state index is 0.0746. The predicted molar refractivity (Wildman–Crippen MR) is 112 cm³/mol. The van der Waals surface area contributed by atoms with E-state index in [9.17, 15) is 13.2 Å². The minimum Gasteiger partial charge on any atom is -0.483 e. The number of hydrogen-bond donors (Lipinski definition) is 1. The van der Waals surface area contributed by atoms with Gasteiger partial charge in [-0.3, -0.25) is 15.0 Å². The van der Waals surface area contributed by atoms with Gasteiger partial charge in [-0.25, -0.2) is 0 Å². The van der Waals surface area contributed by atoms with Crippen LogP contribution in [0.3, 0.4) is 0 Å². The van der Waals surface area contributed by atoms with Gasteiger partial charge in [-0.2, -0.15) is 13.2 Å². The van der Waals surface area contributed by atoms with E-state index in [4.69, 9.17) is 0 Å². The Hall–Kier alpha value is -3.42. The number of pyridine rings is 1. The topological polar surface area (TPSA) is 59.9 Å². The van der Waals surface area contributed by atoms with Crippen molar-refractivity contribution in [2.24, 2.45) is 0 Å². The van der Waals surface area contributed by atoms with Gasteiger partial charge in [-0.15, -0.1) is 0 Å². The predicted octanol–water partition coefficient (Wildman–Crippen LogP) is 5.20. The van der Waals surface area contributed by atoms with Gasteiger partial charge in [0.05, 0.1) is 29.3 Å². The molecule has 5 nitrogen and oxygen atoms in total. The summed E-state index contributed by atoms with van der Waals surface area (Å²) in [7, 11) is 0. The molecule has 1 N–H and O–H groups in total. The maximum atomic E-state index is 12.2. The molecule has 2 aromatic heterocycles. The van der Waals surface area contributed by atoms with Crippen LogP contribution in [-0.4, -0.2) is 27.7 Å². The molecule has 0 aliphatic heterocycles. The van der Waals surface area contributed by atoms with E-state index in [0.29, 0.717) is 12.1 Å². The number of alkyl halides is 3. The number of allylic oxidation sites excluding steroid dienone is 1. The van der Waals surface area contributed by atoms with Gasteiger partial charge in [0.2, 0.25) is 0 Å². The molecule has 0 spiro atoms. The Morgan fingerprint density at radius 1 is 1.06 bits per heavy atom. The van der Waals surface area contributed by atoms with Crippen molar-refractivity contribution in [2.75, 3.05) is 6.61 Å². The molecule has 3 aromatic rings. The summed E-state index contributed by atoms with van der Waals surface area (Å²) < 4.78 is 41.4. The van der Waals surface area contributed by atoms with Crippen LogP contribution in [0.4, 0.5) is 13.2 Å². The fraction of sp³-hybridized carbons (Fsp3) is 0.261. The van der Waals surface area contributed by atoms with Gasteiger partial charge in [0.25, 0.3) is 0 Å². The molecule has 3 rings (SSSR count). The van der Waals surface area contributed by atoms with E-state index in [0.717, 1.165) is 28.2 Å². The molecule has 0 bridgehead atoms. The van der Waals surface area contributed by atoms with Crippen molar-refractivity contribution in [2.45, 2.75) is 32.5 Å². The SMILES string of the molecule is C=C(Cc1ccc(-c2nccnc2C)cc1)N[C@H](C)c1ccc(OCC(F)(F)F)cn1. The van der Waals surface area contributed by atoms with Crippen LogP contribution >= 0.6 is 0 Å². The molecule has 1 aromatic carbocycles. The third-order valence-electron chi connectivity index (χ3n) is 4.55. The van der Waals surface area contributed by atoms with Gasteiger partial charge in [0.15, 0.2) is 6.61 Å². The summed E-state index contributed by atoms with van der Waals surface area (Å²) in [4.78, 5) is 12.8. The smallest absolute Gasteiger partial charge is 0.422 e. The number of halogens is 3. The number of aryl methyl sites for hydroxylation is 1. The first-order valence-electron chi connectivity index (χ1n) is 9.68. The first-order valence-corrected chi connectivity index (χ1v) is 9.68. The maximum absolute atomic E-state index is 12.2. The molecule has 0 saturated carbocycles. The highest BCUT2D eigenvalue weighted by Gasteiger charge is 2.28. The summed E-state index contributed by atoms with van der Waals surface area (Å²) in [6.07, 6.45) is 0.872. The highest BCUT2D eigenvalue weighted by atomic mass is 19.4. The van der Waals surface area contributed by atoms with Crippen LogP contribution < -0.4 is 10.1 Å². The number of rotatable bonds is 8. The molecule has 0 saturated heterocycles. The highest BCUT2D eigenvalue weighted by Crippen LogP contribution is 2.22. The average Bonchev–Trinajstić information content (AvgIpc) is 2.73. The van der Waals surface area contributed by atoms with Crippen molar-refractivity contribution in [3.63, 3.8) is 0 Å². The quantitative estimate of drug-likeness (QED) is 0.535. The molecule has 162 valence electrons. The summed E-state index contributed by atoms with van der Waals surface area (Å²) in [5, 5.41) is 3.28. The number of ether oxygens (including phenoxy) is 1. The van der Waals surface area contributed by atoms with Crippen molar-refractivity contribution >= 4 is 0 Å². The Morgan fingerprint density at radius 3 is 2.39 bits per heavy atom. The fourth-order valence-corrected chi connectivity index (χ4v) is 3.05. The molecule has 0 aliphatic rings. The number of nitrogens with zero attached hydrogens (tertiary/aromatic N) is 3. The van der Waals surface area contributed by atoms with Gasteiger partial charge in [0.1, 0.15) is 5.75 Å². The second-order valence-electron chi connectivity index (χ2n) is 7.16. The number of nitrogens with one attached hydrogen (secondary N) is 1. The molecular weight excluding hydrogens is 405 g/mol.